The predicted molar refractivity (Wildman–Crippen MR) is 63.1 cm³/mol. The second-order valence-electron chi connectivity index (χ2n) is 3.80. The zero-order valence-corrected chi connectivity index (χ0v) is 10.4. The molecule has 0 saturated carbocycles. The predicted octanol–water partition coefficient (Wildman–Crippen LogP) is 0.630. The van der Waals surface area contributed by atoms with Gasteiger partial charge in [0.1, 0.15) is 12.4 Å². The van der Waals surface area contributed by atoms with Crippen LogP contribution in [0.2, 0.25) is 0 Å². The number of methoxy groups -OCH3 is 1. The van der Waals surface area contributed by atoms with Crippen molar-refractivity contribution in [2.24, 2.45) is 5.92 Å². The number of carbonyl (C=O) groups is 1. The fourth-order valence-electron chi connectivity index (χ4n) is 1.37. The van der Waals surface area contributed by atoms with Gasteiger partial charge in [-0.15, -0.1) is 0 Å². The highest BCUT2D eigenvalue weighted by atomic mass is 16.6. The van der Waals surface area contributed by atoms with Crippen LogP contribution >= 0.6 is 0 Å². The van der Waals surface area contributed by atoms with Gasteiger partial charge in [0.05, 0.1) is 18.0 Å². The van der Waals surface area contributed by atoms with E-state index in [1.165, 1.54) is 7.11 Å². The van der Waals surface area contributed by atoms with E-state index >= 15 is 0 Å². The van der Waals surface area contributed by atoms with E-state index in [1.54, 1.807) is 18.9 Å². The second kappa shape index (κ2) is 5.89. The first-order chi connectivity index (χ1) is 8.45. The molecule has 1 heterocycles. The Labute approximate surface area is 104 Å². The Morgan fingerprint density at radius 2 is 2.11 bits per heavy atom. The molecule has 0 aliphatic heterocycles. The van der Waals surface area contributed by atoms with Gasteiger partial charge in [-0.05, 0) is 0 Å². The van der Waals surface area contributed by atoms with Crippen LogP contribution in [0.25, 0.3) is 0 Å². The summed E-state index contributed by atoms with van der Waals surface area (Å²) in [5, 5.41) is 10.4. The van der Waals surface area contributed by atoms with E-state index in [9.17, 15) is 14.9 Å². The molecule has 0 spiro atoms. The van der Waals surface area contributed by atoms with Crippen molar-refractivity contribution in [1.82, 2.24) is 9.97 Å². The average molecular weight is 254 g/mol. The van der Waals surface area contributed by atoms with Gasteiger partial charge in [-0.3, -0.25) is 14.9 Å². The number of hydrogen-bond acceptors (Lipinski definition) is 7. The first-order valence-corrected chi connectivity index (χ1v) is 5.21. The zero-order chi connectivity index (χ0) is 13.7. The third-order valence-electron chi connectivity index (χ3n) is 2.33. The summed E-state index contributed by atoms with van der Waals surface area (Å²) in [6.07, 6.45) is 2.25. The first-order valence-electron chi connectivity index (χ1n) is 5.21. The SMILES string of the molecule is COC(=O)C(C)CN(C)c1ncc([N+](=O)[O-])cn1. The van der Waals surface area contributed by atoms with Gasteiger partial charge in [-0.1, -0.05) is 6.92 Å². The molecule has 1 atom stereocenters. The van der Waals surface area contributed by atoms with Gasteiger partial charge in [0.25, 0.3) is 0 Å². The maximum absolute atomic E-state index is 11.2. The molecule has 0 saturated heterocycles. The highest BCUT2D eigenvalue weighted by Gasteiger charge is 2.17. The molecule has 1 aromatic rings. The van der Waals surface area contributed by atoms with E-state index < -0.39 is 4.92 Å². The van der Waals surface area contributed by atoms with Crippen molar-refractivity contribution >= 4 is 17.6 Å². The van der Waals surface area contributed by atoms with E-state index in [1.807, 2.05) is 0 Å². The lowest BCUT2D eigenvalue weighted by Gasteiger charge is -2.19. The molecule has 8 nitrogen and oxygen atoms in total. The minimum absolute atomic E-state index is 0.173. The third kappa shape index (κ3) is 3.37. The number of ether oxygens (including phenoxy) is 1. The van der Waals surface area contributed by atoms with Crippen LogP contribution in [0.1, 0.15) is 6.92 Å². The van der Waals surface area contributed by atoms with Crippen molar-refractivity contribution in [2.75, 3.05) is 25.6 Å². The molecule has 0 aliphatic rings. The first kappa shape index (κ1) is 13.8. The normalized spacial score (nSPS) is 11.7. The molecular weight excluding hydrogens is 240 g/mol. The summed E-state index contributed by atoms with van der Waals surface area (Å²) < 4.78 is 4.60. The lowest BCUT2D eigenvalue weighted by atomic mass is 10.2. The molecule has 0 radical (unpaired) electrons. The monoisotopic (exact) mass is 254 g/mol. The highest BCUT2D eigenvalue weighted by molar-refractivity contribution is 5.72. The number of anilines is 1. The van der Waals surface area contributed by atoms with Crippen LogP contribution in [0.5, 0.6) is 0 Å². The Morgan fingerprint density at radius 1 is 1.56 bits per heavy atom. The van der Waals surface area contributed by atoms with Crippen molar-refractivity contribution in [2.45, 2.75) is 6.92 Å². The van der Waals surface area contributed by atoms with Gasteiger partial charge in [0, 0.05) is 13.6 Å². The lowest BCUT2D eigenvalue weighted by molar-refractivity contribution is -0.385. The topological polar surface area (TPSA) is 98.5 Å². The molecule has 0 aliphatic carbocycles. The highest BCUT2D eigenvalue weighted by Crippen LogP contribution is 2.12. The number of esters is 1. The molecule has 1 rings (SSSR count). The summed E-state index contributed by atoms with van der Waals surface area (Å²) in [6.45, 7) is 2.08. The fourth-order valence-corrected chi connectivity index (χ4v) is 1.37. The van der Waals surface area contributed by atoms with Gasteiger partial charge in [0.15, 0.2) is 0 Å². The number of hydrogen-bond donors (Lipinski definition) is 0. The van der Waals surface area contributed by atoms with Gasteiger partial charge >= 0.3 is 11.7 Å². The van der Waals surface area contributed by atoms with Crippen LogP contribution in [-0.2, 0) is 9.53 Å². The van der Waals surface area contributed by atoms with Gasteiger partial charge in [0.2, 0.25) is 5.95 Å². The summed E-state index contributed by atoms with van der Waals surface area (Å²) in [7, 11) is 3.02. The van der Waals surface area contributed by atoms with E-state index in [-0.39, 0.29) is 17.6 Å². The van der Waals surface area contributed by atoms with Crippen LogP contribution in [0.15, 0.2) is 12.4 Å². The van der Waals surface area contributed by atoms with Gasteiger partial charge in [-0.25, -0.2) is 9.97 Å². The van der Waals surface area contributed by atoms with Crippen LogP contribution in [-0.4, -0.2) is 41.6 Å². The fraction of sp³-hybridized carbons (Fsp3) is 0.500. The summed E-state index contributed by atoms with van der Waals surface area (Å²) in [5.74, 6) is -0.348. The molecule has 0 bridgehead atoms. The minimum Gasteiger partial charge on any atom is -0.469 e. The third-order valence-corrected chi connectivity index (χ3v) is 2.33. The zero-order valence-electron chi connectivity index (χ0n) is 10.4. The Hall–Kier alpha value is -2.25. The van der Waals surface area contributed by atoms with Crippen molar-refractivity contribution in [3.05, 3.63) is 22.5 Å². The van der Waals surface area contributed by atoms with Gasteiger partial charge < -0.3 is 9.64 Å². The maximum Gasteiger partial charge on any atom is 0.310 e. The molecule has 0 amide bonds. The van der Waals surface area contributed by atoms with E-state index in [0.717, 1.165) is 12.4 Å². The number of aromatic nitrogens is 2. The van der Waals surface area contributed by atoms with E-state index in [2.05, 4.69) is 14.7 Å². The summed E-state index contributed by atoms with van der Waals surface area (Å²) in [6, 6.07) is 0. The van der Waals surface area contributed by atoms with Crippen LogP contribution in [0.4, 0.5) is 11.6 Å². The smallest absolute Gasteiger partial charge is 0.310 e. The summed E-state index contributed by atoms with van der Waals surface area (Å²) in [4.78, 5) is 30.5. The standard InChI is InChI=1S/C10H14N4O4/c1-7(9(15)18-3)6-13(2)10-11-4-8(5-12-10)14(16)17/h4-5,7H,6H2,1-3H3. The van der Waals surface area contributed by atoms with Crippen LogP contribution < -0.4 is 4.90 Å². The van der Waals surface area contributed by atoms with Gasteiger partial charge in [-0.2, -0.15) is 0 Å². The van der Waals surface area contributed by atoms with Crippen LogP contribution in [0, 0.1) is 16.0 Å². The Balaban J connectivity index is 2.69. The Morgan fingerprint density at radius 3 is 2.56 bits per heavy atom. The molecule has 1 aromatic heterocycles. The van der Waals surface area contributed by atoms with E-state index in [0.29, 0.717) is 12.5 Å². The minimum atomic E-state index is -0.569. The van der Waals surface area contributed by atoms with Crippen molar-refractivity contribution in [3.8, 4) is 0 Å². The van der Waals surface area contributed by atoms with Crippen molar-refractivity contribution < 1.29 is 14.5 Å². The lowest BCUT2D eigenvalue weighted by Crippen LogP contribution is -2.30. The number of carbonyl (C=O) groups excluding carboxylic acids is 1. The summed E-state index contributed by atoms with van der Waals surface area (Å²) in [5.41, 5.74) is -0.173. The molecule has 8 heteroatoms. The van der Waals surface area contributed by atoms with Crippen molar-refractivity contribution in [3.63, 3.8) is 0 Å². The number of nitro groups is 1. The van der Waals surface area contributed by atoms with E-state index in [4.69, 9.17) is 0 Å². The Bertz CT molecular complexity index is 434. The largest absolute Gasteiger partial charge is 0.469 e. The molecule has 1 unspecified atom stereocenters. The molecule has 0 fully saturated rings. The maximum atomic E-state index is 11.2. The Kier molecular flexibility index (Phi) is 4.52. The van der Waals surface area contributed by atoms with Crippen LogP contribution in [0.3, 0.4) is 0 Å². The number of rotatable bonds is 5. The molecule has 18 heavy (non-hydrogen) atoms. The molecule has 98 valence electrons. The molecular formula is C10H14N4O4. The molecule has 0 aromatic carbocycles. The number of nitrogens with zero attached hydrogens (tertiary/aromatic N) is 4. The second-order valence-corrected chi connectivity index (χ2v) is 3.80. The molecule has 0 N–H and O–H groups in total. The summed E-state index contributed by atoms with van der Waals surface area (Å²) >= 11 is 0. The average Bonchev–Trinajstić information content (AvgIpc) is 2.37. The van der Waals surface area contributed by atoms with Crippen molar-refractivity contribution in [1.29, 1.82) is 0 Å². The quantitative estimate of drug-likeness (QED) is 0.431.